The van der Waals surface area contributed by atoms with E-state index in [-0.39, 0.29) is 17.8 Å². The van der Waals surface area contributed by atoms with E-state index in [1.807, 2.05) is 93.6 Å². The molecule has 0 bridgehead atoms. The maximum Gasteiger partial charge on any atom is 0.337 e. The Labute approximate surface area is 224 Å². The number of carbonyl (C=O) groups excluding carboxylic acids is 2. The topological polar surface area (TPSA) is 64.6 Å². The van der Waals surface area contributed by atoms with Gasteiger partial charge in [-0.2, -0.15) is 0 Å². The van der Waals surface area contributed by atoms with Gasteiger partial charge in [-0.1, -0.05) is 72.8 Å². The minimum atomic E-state index is -0.495. The number of hydrogen-bond donors (Lipinski definition) is 1. The van der Waals surface area contributed by atoms with Crippen molar-refractivity contribution < 1.29 is 19.1 Å². The fraction of sp³-hybridized carbons (Fsp3) is 0.273. The van der Waals surface area contributed by atoms with Gasteiger partial charge in [0.05, 0.1) is 11.7 Å². The molecule has 0 spiro atoms. The van der Waals surface area contributed by atoms with Gasteiger partial charge in [0.1, 0.15) is 12.4 Å². The normalized spacial score (nSPS) is 19.2. The van der Waals surface area contributed by atoms with Gasteiger partial charge in [0.2, 0.25) is 0 Å². The SMILES string of the molecule is CC1=C(C(=O)OC(C)C)[C@@H](c2ccc(OCc3ccccc3)cc2)C2=C(C[C@H](c3ccccc3)CC2=O)N1. The van der Waals surface area contributed by atoms with E-state index in [9.17, 15) is 9.59 Å². The molecule has 0 saturated carbocycles. The molecule has 5 rings (SSSR count). The van der Waals surface area contributed by atoms with Crippen molar-refractivity contribution in [1.82, 2.24) is 5.32 Å². The van der Waals surface area contributed by atoms with Crippen molar-refractivity contribution >= 4 is 11.8 Å². The van der Waals surface area contributed by atoms with Crippen LogP contribution in [0, 0.1) is 0 Å². The molecule has 194 valence electrons. The van der Waals surface area contributed by atoms with Crippen LogP contribution in [-0.2, 0) is 20.9 Å². The molecular formula is C33H33NO4. The number of nitrogens with one attached hydrogen (secondary N) is 1. The summed E-state index contributed by atoms with van der Waals surface area (Å²) in [7, 11) is 0. The van der Waals surface area contributed by atoms with Gasteiger partial charge in [-0.05, 0) is 61.9 Å². The highest BCUT2D eigenvalue weighted by Gasteiger charge is 2.41. The Hall–Kier alpha value is -4.12. The molecule has 2 atom stereocenters. The van der Waals surface area contributed by atoms with Crippen LogP contribution in [0.4, 0.5) is 0 Å². The average molecular weight is 508 g/mol. The molecule has 2 aliphatic rings. The van der Waals surface area contributed by atoms with Crippen LogP contribution in [0.25, 0.3) is 0 Å². The first-order valence-electron chi connectivity index (χ1n) is 13.2. The number of esters is 1. The third-order valence-corrected chi connectivity index (χ3v) is 7.12. The highest BCUT2D eigenvalue weighted by atomic mass is 16.5. The third kappa shape index (κ3) is 5.42. The number of carbonyl (C=O) groups is 2. The van der Waals surface area contributed by atoms with Crippen LogP contribution in [0.15, 0.2) is 107 Å². The maximum atomic E-state index is 13.7. The highest BCUT2D eigenvalue weighted by molar-refractivity contribution is 6.04. The predicted molar refractivity (Wildman–Crippen MR) is 147 cm³/mol. The first kappa shape index (κ1) is 25.5. The summed E-state index contributed by atoms with van der Waals surface area (Å²) in [6.07, 6.45) is 0.853. The van der Waals surface area contributed by atoms with Crippen LogP contribution >= 0.6 is 0 Å². The van der Waals surface area contributed by atoms with Gasteiger partial charge in [-0.15, -0.1) is 0 Å². The highest BCUT2D eigenvalue weighted by Crippen LogP contribution is 2.46. The van der Waals surface area contributed by atoms with Crippen molar-refractivity contribution in [3.8, 4) is 5.75 Å². The number of ether oxygens (including phenoxy) is 2. The molecule has 3 aromatic rings. The summed E-state index contributed by atoms with van der Waals surface area (Å²) in [5, 5.41) is 3.42. The van der Waals surface area contributed by atoms with Crippen molar-refractivity contribution in [2.75, 3.05) is 0 Å². The summed E-state index contributed by atoms with van der Waals surface area (Å²) in [5.41, 5.74) is 5.87. The minimum Gasteiger partial charge on any atom is -0.489 e. The summed E-state index contributed by atoms with van der Waals surface area (Å²) in [6.45, 7) is 6.02. The van der Waals surface area contributed by atoms with Crippen LogP contribution in [-0.4, -0.2) is 17.9 Å². The van der Waals surface area contributed by atoms with Gasteiger partial charge in [0, 0.05) is 29.3 Å². The summed E-state index contributed by atoms with van der Waals surface area (Å²) < 4.78 is 11.6. The Morgan fingerprint density at radius 3 is 2.21 bits per heavy atom. The van der Waals surface area contributed by atoms with Crippen LogP contribution in [0.1, 0.15) is 62.1 Å². The van der Waals surface area contributed by atoms with Gasteiger partial charge in [-0.25, -0.2) is 4.79 Å². The number of hydrogen-bond acceptors (Lipinski definition) is 5. The maximum absolute atomic E-state index is 13.7. The van der Waals surface area contributed by atoms with Crippen molar-refractivity contribution in [2.24, 2.45) is 0 Å². The lowest BCUT2D eigenvalue weighted by Gasteiger charge is -2.37. The first-order chi connectivity index (χ1) is 18.4. The molecule has 0 amide bonds. The molecule has 1 aliphatic carbocycles. The zero-order valence-electron chi connectivity index (χ0n) is 22.1. The number of allylic oxidation sites excluding steroid dienone is 3. The van der Waals surface area contributed by atoms with Gasteiger partial charge in [0.25, 0.3) is 0 Å². The monoisotopic (exact) mass is 507 g/mol. The molecule has 0 unspecified atom stereocenters. The molecule has 5 heteroatoms. The quantitative estimate of drug-likeness (QED) is 0.366. The molecule has 5 nitrogen and oxygen atoms in total. The molecule has 0 fully saturated rings. The number of ketones is 1. The van der Waals surface area contributed by atoms with E-state index in [4.69, 9.17) is 9.47 Å². The van der Waals surface area contributed by atoms with E-state index in [1.54, 1.807) is 0 Å². The Morgan fingerprint density at radius 1 is 0.895 bits per heavy atom. The Bertz CT molecular complexity index is 1370. The molecule has 0 saturated heterocycles. The zero-order valence-corrected chi connectivity index (χ0v) is 22.1. The molecule has 1 heterocycles. The number of rotatable bonds is 7. The molecular weight excluding hydrogens is 474 g/mol. The fourth-order valence-corrected chi connectivity index (χ4v) is 5.38. The van der Waals surface area contributed by atoms with Crippen molar-refractivity contribution in [1.29, 1.82) is 0 Å². The minimum absolute atomic E-state index is 0.0596. The van der Waals surface area contributed by atoms with E-state index in [0.29, 0.717) is 30.6 Å². The average Bonchev–Trinajstić information content (AvgIpc) is 2.92. The smallest absolute Gasteiger partial charge is 0.337 e. The van der Waals surface area contributed by atoms with E-state index in [1.165, 1.54) is 0 Å². The third-order valence-electron chi connectivity index (χ3n) is 7.12. The van der Waals surface area contributed by atoms with Crippen LogP contribution in [0.3, 0.4) is 0 Å². The molecule has 38 heavy (non-hydrogen) atoms. The molecule has 1 aliphatic heterocycles. The summed E-state index contributed by atoms with van der Waals surface area (Å²) in [5.74, 6) is -0.00798. The Kier molecular flexibility index (Phi) is 7.45. The predicted octanol–water partition coefficient (Wildman–Crippen LogP) is 6.58. The van der Waals surface area contributed by atoms with Gasteiger partial charge in [0.15, 0.2) is 5.78 Å². The van der Waals surface area contributed by atoms with Crippen LogP contribution in [0.2, 0.25) is 0 Å². The van der Waals surface area contributed by atoms with Crippen LogP contribution in [0.5, 0.6) is 5.75 Å². The van der Waals surface area contributed by atoms with Crippen molar-refractivity contribution in [2.45, 2.75) is 58.2 Å². The standard InChI is InChI=1S/C33H33NO4/c1-21(2)38-33(36)30-22(3)34-28-18-26(24-12-8-5-9-13-24)19-29(35)32(28)31(30)25-14-16-27(17-15-25)37-20-23-10-6-4-7-11-23/h4-17,21,26,31,34H,18-20H2,1-3H3/t26-,31+/m0/s1. The van der Waals surface area contributed by atoms with Crippen LogP contribution < -0.4 is 10.1 Å². The van der Waals surface area contributed by atoms with Crippen molar-refractivity contribution in [3.63, 3.8) is 0 Å². The molecule has 0 aromatic heterocycles. The van der Waals surface area contributed by atoms with E-state index in [2.05, 4.69) is 17.4 Å². The molecule has 0 radical (unpaired) electrons. The lowest BCUT2D eigenvalue weighted by Crippen LogP contribution is -2.36. The summed E-state index contributed by atoms with van der Waals surface area (Å²) in [4.78, 5) is 27.0. The fourth-order valence-electron chi connectivity index (χ4n) is 5.38. The number of benzene rings is 3. The Balaban J connectivity index is 1.48. The van der Waals surface area contributed by atoms with Gasteiger partial charge >= 0.3 is 5.97 Å². The lowest BCUT2D eigenvalue weighted by atomic mass is 9.71. The molecule has 1 N–H and O–H groups in total. The number of Topliss-reactive ketones (excluding diaryl/α,β-unsaturated/α-hetero) is 1. The van der Waals surface area contributed by atoms with Gasteiger partial charge < -0.3 is 14.8 Å². The second kappa shape index (κ2) is 11.1. The van der Waals surface area contributed by atoms with E-state index in [0.717, 1.165) is 33.8 Å². The second-order valence-corrected chi connectivity index (χ2v) is 10.2. The Morgan fingerprint density at radius 2 is 1.55 bits per heavy atom. The summed E-state index contributed by atoms with van der Waals surface area (Å²) in [6, 6.07) is 27.9. The summed E-state index contributed by atoms with van der Waals surface area (Å²) >= 11 is 0. The van der Waals surface area contributed by atoms with E-state index >= 15 is 0 Å². The largest absolute Gasteiger partial charge is 0.489 e. The second-order valence-electron chi connectivity index (χ2n) is 10.2. The number of dihydropyridines is 1. The van der Waals surface area contributed by atoms with E-state index < -0.39 is 11.9 Å². The van der Waals surface area contributed by atoms with Gasteiger partial charge in [-0.3, -0.25) is 4.79 Å². The molecule has 3 aromatic carbocycles. The lowest BCUT2D eigenvalue weighted by molar-refractivity contribution is -0.143. The van der Waals surface area contributed by atoms with Crippen molar-refractivity contribution in [3.05, 3.63) is 124 Å². The first-order valence-corrected chi connectivity index (χ1v) is 13.2. The zero-order chi connectivity index (χ0) is 26.6.